The Kier molecular flexibility index (Phi) is 36.0. The van der Waals surface area contributed by atoms with Gasteiger partial charge >= 0.3 is 19.8 Å². The van der Waals surface area contributed by atoms with E-state index in [1.54, 1.807) is 0 Å². The molecule has 1 unspecified atom stereocenters. The first-order valence-electron chi connectivity index (χ1n) is 20.5. The Hall–Kier alpha value is -0.990. The summed E-state index contributed by atoms with van der Waals surface area (Å²) in [7, 11) is -4.36. The number of carbonyl (C=O) groups is 2. The molecule has 0 aromatic carbocycles. The molecule has 0 saturated carbocycles. The van der Waals surface area contributed by atoms with E-state index in [1.807, 2.05) is 0 Å². The van der Waals surface area contributed by atoms with Gasteiger partial charge in [0.1, 0.15) is 6.61 Å². The van der Waals surface area contributed by atoms with E-state index in [4.69, 9.17) is 24.3 Å². The SMILES string of the molecule is CCCCCCCCCCCCCCCCCCCCCCC(=O)O[C@H](COC(=O)CCCCCCCCCC)COP(=O)(O)OCCN. The van der Waals surface area contributed by atoms with Gasteiger partial charge in [0.25, 0.3) is 0 Å². The number of esters is 2. The standard InChI is InChI=1S/C39H78NO8P/c1-3-5-7-9-11-13-14-15-16-17-18-19-20-21-22-23-24-26-28-30-32-39(42)48-37(36-47-49(43,44)46-34-33-40)35-45-38(41)31-29-27-25-12-10-8-6-4-2/h37H,3-36,40H2,1-2H3,(H,43,44)/t37-/m1/s1. The van der Waals surface area contributed by atoms with Crippen LogP contribution in [0, 0.1) is 0 Å². The molecule has 0 spiro atoms. The van der Waals surface area contributed by atoms with Crippen molar-refractivity contribution in [2.75, 3.05) is 26.4 Å². The van der Waals surface area contributed by atoms with Gasteiger partial charge in [-0.15, -0.1) is 0 Å². The number of rotatable bonds is 39. The second-order valence-corrected chi connectivity index (χ2v) is 15.3. The van der Waals surface area contributed by atoms with Crippen molar-refractivity contribution >= 4 is 19.8 Å². The van der Waals surface area contributed by atoms with Crippen molar-refractivity contribution in [2.45, 2.75) is 213 Å². The van der Waals surface area contributed by atoms with E-state index < -0.39 is 26.5 Å². The molecule has 49 heavy (non-hydrogen) atoms. The van der Waals surface area contributed by atoms with Crippen LogP contribution < -0.4 is 5.73 Å². The third kappa shape index (κ3) is 36.6. The van der Waals surface area contributed by atoms with Crippen molar-refractivity contribution in [1.82, 2.24) is 0 Å². The summed E-state index contributed by atoms with van der Waals surface area (Å²) in [5.41, 5.74) is 5.33. The largest absolute Gasteiger partial charge is 0.472 e. The molecule has 0 aliphatic rings. The van der Waals surface area contributed by atoms with Gasteiger partial charge in [-0.1, -0.05) is 181 Å². The third-order valence-electron chi connectivity index (χ3n) is 8.99. The van der Waals surface area contributed by atoms with Gasteiger partial charge in [0.2, 0.25) is 0 Å². The fraction of sp³-hybridized carbons (Fsp3) is 0.949. The van der Waals surface area contributed by atoms with Crippen molar-refractivity contribution in [3.63, 3.8) is 0 Å². The number of unbranched alkanes of at least 4 members (excludes halogenated alkanes) is 26. The highest BCUT2D eigenvalue weighted by Crippen LogP contribution is 2.43. The van der Waals surface area contributed by atoms with Crippen molar-refractivity contribution in [2.24, 2.45) is 5.73 Å². The maximum absolute atomic E-state index is 12.5. The fourth-order valence-electron chi connectivity index (χ4n) is 5.93. The zero-order valence-electron chi connectivity index (χ0n) is 31.9. The average Bonchev–Trinajstić information content (AvgIpc) is 3.08. The summed E-state index contributed by atoms with van der Waals surface area (Å²) in [6.07, 6.45) is 34.4. The molecule has 0 amide bonds. The van der Waals surface area contributed by atoms with Gasteiger partial charge < -0.3 is 20.1 Å². The minimum absolute atomic E-state index is 0.0577. The van der Waals surface area contributed by atoms with Crippen molar-refractivity contribution in [3.8, 4) is 0 Å². The number of carbonyl (C=O) groups excluding carboxylic acids is 2. The first-order chi connectivity index (χ1) is 23.8. The lowest BCUT2D eigenvalue weighted by Gasteiger charge is -2.19. The van der Waals surface area contributed by atoms with Crippen LogP contribution in [0.1, 0.15) is 206 Å². The predicted molar refractivity (Wildman–Crippen MR) is 201 cm³/mol. The quantitative estimate of drug-likeness (QED) is 0.0361. The molecule has 0 radical (unpaired) electrons. The fourth-order valence-corrected chi connectivity index (χ4v) is 6.69. The van der Waals surface area contributed by atoms with E-state index in [0.29, 0.717) is 6.42 Å². The van der Waals surface area contributed by atoms with Crippen molar-refractivity contribution in [3.05, 3.63) is 0 Å². The second kappa shape index (κ2) is 36.8. The van der Waals surface area contributed by atoms with Crippen LogP contribution in [0.3, 0.4) is 0 Å². The molecule has 0 heterocycles. The van der Waals surface area contributed by atoms with Crippen LogP contribution in [0.5, 0.6) is 0 Å². The van der Waals surface area contributed by atoms with E-state index in [1.165, 1.54) is 141 Å². The monoisotopic (exact) mass is 720 g/mol. The minimum Gasteiger partial charge on any atom is -0.462 e. The third-order valence-corrected chi connectivity index (χ3v) is 9.98. The molecule has 0 aromatic heterocycles. The highest BCUT2D eigenvalue weighted by Gasteiger charge is 2.26. The highest BCUT2D eigenvalue weighted by molar-refractivity contribution is 7.47. The van der Waals surface area contributed by atoms with Gasteiger partial charge in [0.15, 0.2) is 6.10 Å². The van der Waals surface area contributed by atoms with Gasteiger partial charge in [0, 0.05) is 19.4 Å². The Balaban J connectivity index is 4.02. The Morgan fingerprint density at radius 2 is 0.878 bits per heavy atom. The molecule has 2 atom stereocenters. The predicted octanol–water partition coefficient (Wildman–Crippen LogP) is 11.3. The summed E-state index contributed by atoms with van der Waals surface area (Å²) in [5, 5.41) is 0. The van der Waals surface area contributed by atoms with Crippen molar-refractivity contribution < 1.29 is 37.6 Å². The van der Waals surface area contributed by atoms with Gasteiger partial charge in [-0.05, 0) is 12.8 Å². The van der Waals surface area contributed by atoms with Gasteiger partial charge in [-0.3, -0.25) is 18.6 Å². The molecule has 0 rings (SSSR count). The van der Waals surface area contributed by atoms with Crippen LogP contribution in [0.2, 0.25) is 0 Å². The summed E-state index contributed by atoms with van der Waals surface area (Å²) >= 11 is 0. The number of phosphoric ester groups is 1. The van der Waals surface area contributed by atoms with Crippen LogP contribution >= 0.6 is 7.82 Å². The van der Waals surface area contributed by atoms with E-state index in [-0.39, 0.29) is 38.6 Å². The van der Waals surface area contributed by atoms with E-state index in [0.717, 1.165) is 32.1 Å². The Morgan fingerprint density at radius 1 is 0.531 bits per heavy atom. The van der Waals surface area contributed by atoms with Gasteiger partial charge in [-0.2, -0.15) is 0 Å². The minimum atomic E-state index is -4.36. The zero-order valence-corrected chi connectivity index (χ0v) is 32.8. The van der Waals surface area contributed by atoms with Crippen LogP contribution in [0.4, 0.5) is 0 Å². The first-order valence-corrected chi connectivity index (χ1v) is 22.0. The summed E-state index contributed by atoms with van der Waals surface area (Å²) < 4.78 is 32.6. The van der Waals surface area contributed by atoms with E-state index in [9.17, 15) is 19.0 Å². The molecule has 0 fully saturated rings. The maximum Gasteiger partial charge on any atom is 0.472 e. The number of nitrogens with two attached hydrogens (primary N) is 1. The van der Waals surface area contributed by atoms with E-state index in [2.05, 4.69) is 13.8 Å². The second-order valence-electron chi connectivity index (χ2n) is 13.9. The molecular formula is C39H78NO8P. The zero-order chi connectivity index (χ0) is 36.1. The number of hydrogen-bond donors (Lipinski definition) is 2. The summed E-state index contributed by atoms with van der Waals surface area (Å²) in [5.74, 6) is -0.821. The van der Waals surface area contributed by atoms with Crippen LogP contribution in [-0.4, -0.2) is 49.3 Å². The lowest BCUT2D eigenvalue weighted by Crippen LogP contribution is -2.29. The Labute approximate surface area is 301 Å². The molecule has 0 aromatic rings. The summed E-state index contributed by atoms with van der Waals surface area (Å²) in [6, 6.07) is 0. The van der Waals surface area contributed by atoms with Crippen LogP contribution in [0.25, 0.3) is 0 Å². The van der Waals surface area contributed by atoms with Crippen molar-refractivity contribution in [1.29, 1.82) is 0 Å². The summed E-state index contributed by atoms with van der Waals surface area (Å²) in [6.45, 7) is 3.72. The number of hydrogen-bond acceptors (Lipinski definition) is 8. The smallest absolute Gasteiger partial charge is 0.462 e. The summed E-state index contributed by atoms with van der Waals surface area (Å²) in [4.78, 5) is 34.6. The lowest BCUT2D eigenvalue weighted by molar-refractivity contribution is -0.161. The molecule has 0 saturated heterocycles. The Morgan fingerprint density at radius 3 is 1.24 bits per heavy atom. The molecule has 9 nitrogen and oxygen atoms in total. The first kappa shape index (κ1) is 48.0. The molecular weight excluding hydrogens is 641 g/mol. The molecule has 10 heteroatoms. The molecule has 0 aliphatic heterocycles. The van der Waals surface area contributed by atoms with E-state index >= 15 is 0 Å². The molecule has 0 bridgehead atoms. The maximum atomic E-state index is 12.5. The van der Waals surface area contributed by atoms with Gasteiger partial charge in [-0.25, -0.2) is 4.57 Å². The number of ether oxygens (including phenoxy) is 2. The highest BCUT2D eigenvalue weighted by atomic mass is 31.2. The number of phosphoric acid groups is 1. The van der Waals surface area contributed by atoms with Gasteiger partial charge in [0.05, 0.1) is 13.2 Å². The normalized spacial score (nSPS) is 13.3. The van der Waals surface area contributed by atoms with Crippen LogP contribution in [0.15, 0.2) is 0 Å². The lowest BCUT2D eigenvalue weighted by atomic mass is 10.0. The average molecular weight is 720 g/mol. The van der Waals surface area contributed by atoms with Crippen LogP contribution in [-0.2, 0) is 32.7 Å². The molecule has 3 N–H and O–H groups in total. The molecule has 0 aliphatic carbocycles. The topological polar surface area (TPSA) is 134 Å². The molecule has 292 valence electrons. The Bertz CT molecular complexity index is 784.